The van der Waals surface area contributed by atoms with Crippen molar-refractivity contribution in [1.29, 1.82) is 0 Å². The maximum atomic E-state index is 12.5. The first-order valence-electron chi connectivity index (χ1n) is 7.49. The summed E-state index contributed by atoms with van der Waals surface area (Å²) >= 11 is 0. The highest BCUT2D eigenvalue weighted by molar-refractivity contribution is 6.05. The second kappa shape index (κ2) is 6.65. The molecule has 0 aliphatic heterocycles. The Labute approximate surface area is 132 Å². The number of ether oxygens (including phenoxy) is 1. The summed E-state index contributed by atoms with van der Waals surface area (Å²) < 4.78 is 5.24. The maximum absolute atomic E-state index is 12.5. The number of rotatable bonds is 4. The third-order valence-electron chi connectivity index (χ3n) is 3.82. The average Bonchev–Trinajstić information content (AvgIpc) is 2.48. The lowest BCUT2D eigenvalue weighted by Gasteiger charge is -2.16. The molecule has 0 saturated carbocycles. The Hall–Kier alpha value is -2.29. The van der Waals surface area contributed by atoms with Crippen molar-refractivity contribution in [2.24, 2.45) is 0 Å². The quantitative estimate of drug-likeness (QED) is 0.889. The largest absolute Gasteiger partial charge is 0.496 e. The normalized spacial score (nSPS) is 10.6. The highest BCUT2D eigenvalue weighted by atomic mass is 16.5. The van der Waals surface area contributed by atoms with Crippen LogP contribution in [0.1, 0.15) is 46.8 Å². The number of amides is 1. The number of benzene rings is 2. The summed E-state index contributed by atoms with van der Waals surface area (Å²) in [7, 11) is 1.63. The van der Waals surface area contributed by atoms with Crippen LogP contribution in [0, 0.1) is 13.8 Å². The number of methoxy groups -OCH3 is 1. The summed E-state index contributed by atoms with van der Waals surface area (Å²) in [6, 6.07) is 11.6. The fraction of sp³-hybridized carbons (Fsp3) is 0.316. The van der Waals surface area contributed by atoms with Crippen molar-refractivity contribution in [3.8, 4) is 5.75 Å². The predicted molar refractivity (Wildman–Crippen MR) is 91.0 cm³/mol. The number of hydrogen-bond acceptors (Lipinski definition) is 2. The molecule has 0 aliphatic carbocycles. The van der Waals surface area contributed by atoms with Gasteiger partial charge in [0.15, 0.2) is 0 Å². The molecule has 0 aliphatic rings. The number of carbonyl (C=O) groups excluding carboxylic acids is 1. The van der Waals surface area contributed by atoms with Gasteiger partial charge in [0.2, 0.25) is 0 Å². The summed E-state index contributed by atoms with van der Waals surface area (Å²) in [5.41, 5.74) is 4.72. The molecule has 0 fully saturated rings. The second-order valence-corrected chi connectivity index (χ2v) is 5.83. The van der Waals surface area contributed by atoms with E-state index < -0.39 is 0 Å². The number of carbonyl (C=O) groups is 1. The minimum atomic E-state index is -0.0954. The van der Waals surface area contributed by atoms with Crippen molar-refractivity contribution >= 4 is 11.6 Å². The SMILES string of the molecule is COc1ccc(C(=O)Nc2c(C)cccc2C(C)C)cc1C. The van der Waals surface area contributed by atoms with Crippen LogP contribution < -0.4 is 10.1 Å². The number of hydrogen-bond donors (Lipinski definition) is 1. The molecule has 2 aromatic rings. The van der Waals surface area contributed by atoms with E-state index in [1.165, 1.54) is 0 Å². The van der Waals surface area contributed by atoms with Crippen LogP contribution in [0.3, 0.4) is 0 Å². The maximum Gasteiger partial charge on any atom is 0.255 e. The van der Waals surface area contributed by atoms with E-state index in [4.69, 9.17) is 4.74 Å². The van der Waals surface area contributed by atoms with Crippen molar-refractivity contribution in [3.63, 3.8) is 0 Å². The Kier molecular flexibility index (Phi) is 4.86. The molecule has 0 bridgehead atoms. The van der Waals surface area contributed by atoms with E-state index >= 15 is 0 Å². The number of aryl methyl sites for hydroxylation is 2. The van der Waals surface area contributed by atoms with E-state index in [-0.39, 0.29) is 5.91 Å². The van der Waals surface area contributed by atoms with Crippen LogP contribution in [0.15, 0.2) is 36.4 Å². The smallest absolute Gasteiger partial charge is 0.255 e. The third kappa shape index (κ3) is 3.30. The topological polar surface area (TPSA) is 38.3 Å². The van der Waals surface area contributed by atoms with Crippen molar-refractivity contribution in [2.75, 3.05) is 12.4 Å². The zero-order valence-corrected chi connectivity index (χ0v) is 13.9. The van der Waals surface area contributed by atoms with Crippen molar-refractivity contribution in [2.45, 2.75) is 33.6 Å². The molecule has 3 nitrogen and oxygen atoms in total. The van der Waals surface area contributed by atoms with Gasteiger partial charge in [-0.05, 0) is 54.7 Å². The van der Waals surface area contributed by atoms with Gasteiger partial charge >= 0.3 is 0 Å². The Morgan fingerprint density at radius 1 is 1.09 bits per heavy atom. The minimum Gasteiger partial charge on any atom is -0.496 e. The van der Waals surface area contributed by atoms with Crippen LogP contribution in [-0.4, -0.2) is 13.0 Å². The Morgan fingerprint density at radius 3 is 2.41 bits per heavy atom. The lowest BCUT2D eigenvalue weighted by atomic mass is 9.98. The van der Waals surface area contributed by atoms with Gasteiger partial charge < -0.3 is 10.1 Å². The first-order valence-corrected chi connectivity index (χ1v) is 7.49. The highest BCUT2D eigenvalue weighted by Crippen LogP contribution is 2.28. The lowest BCUT2D eigenvalue weighted by molar-refractivity contribution is 0.102. The molecule has 116 valence electrons. The van der Waals surface area contributed by atoms with Gasteiger partial charge in [0.1, 0.15) is 5.75 Å². The van der Waals surface area contributed by atoms with Crippen LogP contribution in [0.5, 0.6) is 5.75 Å². The van der Waals surface area contributed by atoms with Gasteiger partial charge in [-0.3, -0.25) is 4.79 Å². The molecule has 0 aromatic heterocycles. The molecular weight excluding hydrogens is 274 g/mol. The summed E-state index contributed by atoms with van der Waals surface area (Å²) in [5.74, 6) is 1.05. The minimum absolute atomic E-state index is 0.0954. The zero-order chi connectivity index (χ0) is 16.3. The zero-order valence-electron chi connectivity index (χ0n) is 13.9. The first kappa shape index (κ1) is 16.1. The number of nitrogens with one attached hydrogen (secondary N) is 1. The predicted octanol–water partition coefficient (Wildman–Crippen LogP) is 4.69. The number of anilines is 1. The summed E-state index contributed by atoms with van der Waals surface area (Å²) in [6.07, 6.45) is 0. The van der Waals surface area contributed by atoms with Gasteiger partial charge in [0.25, 0.3) is 5.91 Å². The standard InChI is InChI=1S/C19H23NO2/c1-12(2)16-8-6-7-13(3)18(16)20-19(21)15-9-10-17(22-5)14(4)11-15/h6-12H,1-5H3,(H,20,21). The van der Waals surface area contributed by atoms with Crippen LogP contribution in [0.4, 0.5) is 5.69 Å². The number of para-hydroxylation sites is 1. The van der Waals surface area contributed by atoms with Crippen molar-refractivity contribution in [3.05, 3.63) is 58.7 Å². The van der Waals surface area contributed by atoms with Crippen LogP contribution in [0.25, 0.3) is 0 Å². The molecule has 1 N–H and O–H groups in total. The molecule has 0 spiro atoms. The molecule has 2 rings (SSSR count). The molecule has 0 atom stereocenters. The molecule has 0 unspecified atom stereocenters. The van der Waals surface area contributed by atoms with Gasteiger partial charge in [-0.25, -0.2) is 0 Å². The van der Waals surface area contributed by atoms with Crippen molar-refractivity contribution < 1.29 is 9.53 Å². The van der Waals surface area contributed by atoms with E-state index in [1.54, 1.807) is 13.2 Å². The molecular formula is C19H23NO2. The van der Waals surface area contributed by atoms with Crippen LogP contribution in [-0.2, 0) is 0 Å². The second-order valence-electron chi connectivity index (χ2n) is 5.83. The van der Waals surface area contributed by atoms with Crippen LogP contribution >= 0.6 is 0 Å². The summed E-state index contributed by atoms with van der Waals surface area (Å²) in [4.78, 5) is 12.5. The fourth-order valence-corrected chi connectivity index (χ4v) is 2.55. The van der Waals surface area contributed by atoms with Gasteiger partial charge in [-0.15, -0.1) is 0 Å². The van der Waals surface area contributed by atoms with E-state index in [0.717, 1.165) is 28.1 Å². The molecule has 1 amide bonds. The molecule has 2 aromatic carbocycles. The highest BCUT2D eigenvalue weighted by Gasteiger charge is 2.14. The summed E-state index contributed by atoms with van der Waals surface area (Å²) in [6.45, 7) is 8.20. The van der Waals surface area contributed by atoms with Gasteiger partial charge in [0.05, 0.1) is 7.11 Å². The molecule has 0 heterocycles. The van der Waals surface area contributed by atoms with Crippen molar-refractivity contribution in [1.82, 2.24) is 0 Å². The molecule has 0 radical (unpaired) electrons. The molecule has 3 heteroatoms. The van der Waals surface area contributed by atoms with E-state index in [0.29, 0.717) is 11.5 Å². The molecule has 0 saturated heterocycles. The summed E-state index contributed by atoms with van der Waals surface area (Å²) in [5, 5.41) is 3.06. The average molecular weight is 297 g/mol. The lowest BCUT2D eigenvalue weighted by Crippen LogP contribution is -2.15. The van der Waals surface area contributed by atoms with E-state index in [2.05, 4.69) is 25.2 Å². The van der Waals surface area contributed by atoms with Gasteiger partial charge in [0, 0.05) is 11.3 Å². The van der Waals surface area contributed by atoms with Gasteiger partial charge in [-0.1, -0.05) is 32.0 Å². The third-order valence-corrected chi connectivity index (χ3v) is 3.82. The first-order chi connectivity index (χ1) is 10.4. The Balaban J connectivity index is 2.31. The Bertz CT molecular complexity index is 690. The van der Waals surface area contributed by atoms with Gasteiger partial charge in [-0.2, -0.15) is 0 Å². The Morgan fingerprint density at radius 2 is 1.82 bits per heavy atom. The van der Waals surface area contributed by atoms with E-state index in [1.807, 2.05) is 38.1 Å². The fourth-order valence-electron chi connectivity index (χ4n) is 2.55. The monoisotopic (exact) mass is 297 g/mol. The van der Waals surface area contributed by atoms with E-state index in [9.17, 15) is 4.79 Å². The molecule has 22 heavy (non-hydrogen) atoms. The van der Waals surface area contributed by atoms with Crippen LogP contribution in [0.2, 0.25) is 0 Å².